The zero-order chi connectivity index (χ0) is 13.4. The van der Waals surface area contributed by atoms with Gasteiger partial charge >= 0.3 is 5.97 Å². The normalized spacial score (nSPS) is 8.94. The molecule has 0 aromatic heterocycles. The molecule has 18 heavy (non-hydrogen) atoms. The van der Waals surface area contributed by atoms with Crippen molar-refractivity contribution in [3.63, 3.8) is 0 Å². The van der Waals surface area contributed by atoms with E-state index < -0.39 is 11.8 Å². The Morgan fingerprint density at radius 1 is 1.50 bits per heavy atom. The van der Waals surface area contributed by atoms with Crippen molar-refractivity contribution >= 4 is 5.97 Å². The minimum Gasteiger partial charge on any atom is -0.465 e. The fourth-order valence-corrected chi connectivity index (χ4v) is 1.29. The summed E-state index contributed by atoms with van der Waals surface area (Å²) in [6, 6.07) is 6.29. The number of benzene rings is 1. The molecule has 4 heteroatoms. The van der Waals surface area contributed by atoms with Crippen LogP contribution in [0.25, 0.3) is 0 Å². The highest BCUT2D eigenvalue weighted by Gasteiger charge is 2.01. The number of esters is 1. The summed E-state index contributed by atoms with van der Waals surface area (Å²) in [6.07, 6.45) is 0.128. The lowest BCUT2D eigenvalue weighted by Gasteiger charge is -1.98. The number of carbonyl (C=O) groups is 1. The van der Waals surface area contributed by atoms with Gasteiger partial charge in [-0.3, -0.25) is 4.79 Å². The highest BCUT2D eigenvalue weighted by atomic mass is 19.1. The average Bonchev–Trinajstić information content (AvgIpc) is 2.34. The summed E-state index contributed by atoms with van der Waals surface area (Å²) in [4.78, 5) is 11.0. The molecule has 0 heterocycles. The third-order valence-corrected chi connectivity index (χ3v) is 2.08. The van der Waals surface area contributed by atoms with Crippen molar-refractivity contribution < 1.29 is 13.9 Å². The molecule has 0 atom stereocenters. The predicted molar refractivity (Wildman–Crippen MR) is 63.8 cm³/mol. The molecule has 0 unspecified atom stereocenters. The Balaban J connectivity index is 2.78. The van der Waals surface area contributed by atoms with Crippen LogP contribution >= 0.6 is 0 Å². The molecular formula is C14H12FNO2. The minimum atomic E-state index is -0.465. The predicted octanol–water partition coefficient (Wildman–Crippen LogP) is 2.20. The molecule has 0 saturated carbocycles. The largest absolute Gasteiger partial charge is 0.465 e. The number of carbonyl (C=O) groups excluding carboxylic acids is 1. The van der Waals surface area contributed by atoms with Crippen molar-refractivity contribution in [1.29, 1.82) is 5.26 Å². The van der Waals surface area contributed by atoms with Gasteiger partial charge in [-0.05, 0) is 24.6 Å². The van der Waals surface area contributed by atoms with E-state index in [1.54, 1.807) is 6.92 Å². The maximum absolute atomic E-state index is 13.4. The van der Waals surface area contributed by atoms with Gasteiger partial charge in [0.05, 0.1) is 24.7 Å². The van der Waals surface area contributed by atoms with E-state index in [1.807, 2.05) is 6.07 Å². The first-order chi connectivity index (χ1) is 8.67. The second kappa shape index (κ2) is 7.09. The van der Waals surface area contributed by atoms with Crippen LogP contribution in [0.5, 0.6) is 0 Å². The van der Waals surface area contributed by atoms with Gasteiger partial charge in [0.2, 0.25) is 0 Å². The molecule has 0 aliphatic rings. The summed E-state index contributed by atoms with van der Waals surface area (Å²) in [6.45, 7) is 2.00. The highest BCUT2D eigenvalue weighted by Crippen LogP contribution is 2.10. The van der Waals surface area contributed by atoms with Crippen LogP contribution in [-0.4, -0.2) is 12.6 Å². The van der Waals surface area contributed by atoms with Crippen LogP contribution in [0, 0.1) is 29.0 Å². The third-order valence-electron chi connectivity index (χ3n) is 2.08. The number of halogens is 1. The molecule has 92 valence electrons. The first kappa shape index (κ1) is 13.7. The molecule has 0 spiro atoms. The summed E-state index contributed by atoms with van der Waals surface area (Å²) >= 11 is 0. The van der Waals surface area contributed by atoms with Gasteiger partial charge in [-0.15, -0.1) is 0 Å². The van der Waals surface area contributed by atoms with Crippen LogP contribution in [0.3, 0.4) is 0 Å². The molecule has 3 nitrogen and oxygen atoms in total. The molecule has 0 N–H and O–H groups in total. The number of rotatable bonds is 3. The summed E-state index contributed by atoms with van der Waals surface area (Å²) < 4.78 is 18.1. The Bertz CT molecular complexity index is 535. The van der Waals surface area contributed by atoms with Crippen LogP contribution in [-0.2, 0) is 16.0 Å². The first-order valence-corrected chi connectivity index (χ1v) is 5.47. The fraction of sp³-hybridized carbons (Fsp3) is 0.286. The van der Waals surface area contributed by atoms with Crippen molar-refractivity contribution in [3.05, 3.63) is 35.1 Å². The van der Waals surface area contributed by atoms with Crippen molar-refractivity contribution in [3.8, 4) is 17.9 Å². The van der Waals surface area contributed by atoms with Crippen LogP contribution in [0.15, 0.2) is 18.2 Å². The van der Waals surface area contributed by atoms with Gasteiger partial charge in [-0.2, -0.15) is 5.26 Å². The van der Waals surface area contributed by atoms with E-state index in [0.717, 1.165) is 0 Å². The maximum Gasteiger partial charge on any atom is 0.317 e. The molecular weight excluding hydrogens is 233 g/mol. The Morgan fingerprint density at radius 3 is 2.94 bits per heavy atom. The number of nitrogens with zero attached hydrogens (tertiary/aromatic N) is 1. The van der Waals surface area contributed by atoms with Gasteiger partial charge < -0.3 is 4.74 Å². The van der Waals surface area contributed by atoms with Crippen LogP contribution in [0.4, 0.5) is 4.39 Å². The van der Waals surface area contributed by atoms with Crippen LogP contribution in [0.1, 0.15) is 24.5 Å². The van der Waals surface area contributed by atoms with Crippen molar-refractivity contribution in [2.24, 2.45) is 0 Å². The van der Waals surface area contributed by atoms with Crippen LogP contribution in [0.2, 0.25) is 0 Å². The third kappa shape index (κ3) is 4.27. The van der Waals surface area contributed by atoms with E-state index in [-0.39, 0.29) is 18.4 Å². The molecule has 0 bridgehead atoms. The molecule has 0 radical (unpaired) electrons. The molecule has 1 aromatic carbocycles. The summed E-state index contributed by atoms with van der Waals surface area (Å²) in [5.41, 5.74) is 0.881. The van der Waals surface area contributed by atoms with Crippen LogP contribution < -0.4 is 0 Å². The topological polar surface area (TPSA) is 50.1 Å². The van der Waals surface area contributed by atoms with E-state index in [4.69, 9.17) is 10.00 Å². The number of ether oxygens (including phenoxy) is 1. The highest BCUT2D eigenvalue weighted by molar-refractivity contribution is 5.72. The van der Waals surface area contributed by atoms with E-state index in [0.29, 0.717) is 12.2 Å². The summed E-state index contributed by atoms with van der Waals surface area (Å²) in [5.74, 6) is 4.22. The van der Waals surface area contributed by atoms with Gasteiger partial charge in [0.25, 0.3) is 0 Å². The van der Waals surface area contributed by atoms with E-state index >= 15 is 0 Å². The molecule has 0 saturated heterocycles. The lowest BCUT2D eigenvalue weighted by Crippen LogP contribution is -2.01. The zero-order valence-electron chi connectivity index (χ0n) is 10.00. The molecule has 0 amide bonds. The van der Waals surface area contributed by atoms with Gasteiger partial charge in [0.15, 0.2) is 0 Å². The smallest absolute Gasteiger partial charge is 0.317 e. The molecule has 0 aliphatic carbocycles. The van der Waals surface area contributed by atoms with Gasteiger partial charge in [0, 0.05) is 0 Å². The van der Waals surface area contributed by atoms with Gasteiger partial charge in [0.1, 0.15) is 12.2 Å². The number of hydrogen-bond donors (Lipinski definition) is 0. The van der Waals surface area contributed by atoms with E-state index in [1.165, 1.54) is 18.2 Å². The summed E-state index contributed by atoms with van der Waals surface area (Å²) in [7, 11) is 0. The average molecular weight is 245 g/mol. The van der Waals surface area contributed by atoms with Crippen molar-refractivity contribution in [2.45, 2.75) is 19.8 Å². The standard InChI is InChI=1S/C14H12FNO2/c1-2-18-14(17)5-3-4-12-10-11(8-9-16)6-7-13(12)15/h6-7,10H,2,5,8H2,1H3. The maximum atomic E-state index is 13.4. The quantitative estimate of drug-likeness (QED) is 0.606. The Kier molecular flexibility index (Phi) is 5.41. The SMILES string of the molecule is CCOC(=O)CC#Cc1cc(CC#N)ccc1F. The van der Waals surface area contributed by atoms with E-state index in [2.05, 4.69) is 11.8 Å². The number of hydrogen-bond acceptors (Lipinski definition) is 3. The second-order valence-electron chi connectivity index (χ2n) is 3.43. The molecule has 0 aliphatic heterocycles. The molecule has 1 rings (SSSR count). The Morgan fingerprint density at radius 2 is 2.28 bits per heavy atom. The van der Waals surface area contributed by atoms with Crippen molar-refractivity contribution in [1.82, 2.24) is 0 Å². The fourth-order valence-electron chi connectivity index (χ4n) is 1.29. The van der Waals surface area contributed by atoms with Gasteiger partial charge in [-0.25, -0.2) is 4.39 Å². The minimum absolute atomic E-state index is 0.0737. The monoisotopic (exact) mass is 245 g/mol. The van der Waals surface area contributed by atoms with Gasteiger partial charge in [-0.1, -0.05) is 17.9 Å². The van der Waals surface area contributed by atoms with Crippen molar-refractivity contribution in [2.75, 3.05) is 6.61 Å². The van der Waals surface area contributed by atoms with E-state index in [9.17, 15) is 9.18 Å². The second-order valence-corrected chi connectivity index (χ2v) is 3.43. The zero-order valence-corrected chi connectivity index (χ0v) is 10.00. The number of nitriles is 1. The molecule has 1 aromatic rings. The lowest BCUT2D eigenvalue weighted by molar-refractivity contribution is -0.141. The lowest BCUT2D eigenvalue weighted by atomic mass is 10.1. The Labute approximate surface area is 105 Å². The molecule has 0 fully saturated rings. The Hall–Kier alpha value is -2.33. The first-order valence-electron chi connectivity index (χ1n) is 5.47. The summed E-state index contributed by atoms with van der Waals surface area (Å²) in [5, 5.41) is 8.55.